The first kappa shape index (κ1) is 12.9. The number of carbonyl (C=O) groups is 1. The van der Waals surface area contributed by atoms with Crippen molar-refractivity contribution in [2.45, 2.75) is 25.2 Å². The highest BCUT2D eigenvalue weighted by Crippen LogP contribution is 2.39. The highest BCUT2D eigenvalue weighted by Gasteiger charge is 2.26. The summed E-state index contributed by atoms with van der Waals surface area (Å²) in [4.78, 5) is 16.0. The van der Waals surface area contributed by atoms with Crippen molar-refractivity contribution in [1.29, 1.82) is 0 Å². The molecule has 0 amide bonds. The van der Waals surface area contributed by atoms with Gasteiger partial charge in [0.25, 0.3) is 0 Å². The van der Waals surface area contributed by atoms with Crippen LogP contribution in [-0.2, 0) is 4.79 Å². The summed E-state index contributed by atoms with van der Waals surface area (Å²) < 4.78 is 5.33. The zero-order valence-electron chi connectivity index (χ0n) is 11.5. The number of aromatic nitrogens is 1. The van der Waals surface area contributed by atoms with E-state index in [4.69, 9.17) is 4.74 Å². The molecule has 1 saturated carbocycles. The van der Waals surface area contributed by atoms with Crippen molar-refractivity contribution in [3.8, 4) is 17.0 Å². The Bertz CT molecular complexity index is 622. The predicted molar refractivity (Wildman–Crippen MR) is 77.8 cm³/mol. The maximum atomic E-state index is 11.6. The summed E-state index contributed by atoms with van der Waals surface area (Å²) >= 11 is 0. The smallest absolute Gasteiger partial charge is 0.133 e. The Labute approximate surface area is 118 Å². The molecule has 0 radical (unpaired) electrons. The topological polar surface area (TPSA) is 39.2 Å². The van der Waals surface area contributed by atoms with Gasteiger partial charge in [0.2, 0.25) is 0 Å². The van der Waals surface area contributed by atoms with Crippen LogP contribution in [0.3, 0.4) is 0 Å². The van der Waals surface area contributed by atoms with Crippen LogP contribution in [0.15, 0.2) is 42.6 Å². The number of nitrogens with zero attached hydrogens (tertiary/aromatic N) is 1. The molecule has 102 valence electrons. The maximum absolute atomic E-state index is 11.6. The molecule has 1 aromatic heterocycles. The Morgan fingerprint density at radius 3 is 2.80 bits per heavy atom. The van der Waals surface area contributed by atoms with E-state index in [9.17, 15) is 4.79 Å². The highest BCUT2D eigenvalue weighted by molar-refractivity contribution is 5.82. The van der Waals surface area contributed by atoms with Gasteiger partial charge in [-0.15, -0.1) is 0 Å². The number of benzene rings is 1. The molecule has 3 rings (SSSR count). The molecule has 1 fully saturated rings. The molecule has 0 N–H and O–H groups in total. The van der Waals surface area contributed by atoms with Crippen molar-refractivity contribution in [3.63, 3.8) is 0 Å². The summed E-state index contributed by atoms with van der Waals surface area (Å²) in [7, 11) is 1.67. The molecule has 0 spiro atoms. The van der Waals surface area contributed by atoms with Crippen molar-refractivity contribution in [2.24, 2.45) is 0 Å². The lowest BCUT2D eigenvalue weighted by Crippen LogP contribution is -1.99. The van der Waals surface area contributed by atoms with Crippen molar-refractivity contribution < 1.29 is 9.53 Å². The first-order valence-electron chi connectivity index (χ1n) is 6.89. The number of methoxy groups -OCH3 is 1. The van der Waals surface area contributed by atoms with E-state index in [1.807, 2.05) is 36.4 Å². The molecule has 0 bridgehead atoms. The second-order valence-electron chi connectivity index (χ2n) is 5.15. The molecule has 1 aliphatic carbocycles. The van der Waals surface area contributed by atoms with Crippen LogP contribution in [0.2, 0.25) is 0 Å². The fraction of sp³-hybridized carbons (Fsp3) is 0.294. The first-order chi connectivity index (χ1) is 9.78. The van der Waals surface area contributed by atoms with Gasteiger partial charge in [-0.2, -0.15) is 0 Å². The monoisotopic (exact) mass is 267 g/mol. The van der Waals surface area contributed by atoms with Crippen LogP contribution in [0.4, 0.5) is 0 Å². The molecule has 3 nitrogen and oxygen atoms in total. The van der Waals surface area contributed by atoms with E-state index in [0.717, 1.165) is 23.4 Å². The predicted octanol–water partition coefficient (Wildman–Crippen LogP) is 3.59. The molecule has 1 aliphatic rings. The Morgan fingerprint density at radius 2 is 2.15 bits per heavy atom. The van der Waals surface area contributed by atoms with Gasteiger partial charge in [0.05, 0.1) is 12.8 Å². The minimum Gasteiger partial charge on any atom is -0.497 e. The van der Waals surface area contributed by atoms with Gasteiger partial charge in [-0.1, -0.05) is 6.07 Å². The third-order valence-corrected chi connectivity index (χ3v) is 3.89. The first-order valence-corrected chi connectivity index (χ1v) is 6.89. The summed E-state index contributed by atoms with van der Waals surface area (Å²) in [6.07, 6.45) is 4.03. The number of pyridine rings is 1. The molecule has 3 heteroatoms. The zero-order valence-corrected chi connectivity index (χ0v) is 11.5. The number of Topliss-reactive ketones (excluding diaryl/α,β-unsaturated/α-hetero) is 1. The van der Waals surface area contributed by atoms with Crippen LogP contribution in [-0.4, -0.2) is 17.9 Å². The second-order valence-corrected chi connectivity index (χ2v) is 5.15. The van der Waals surface area contributed by atoms with Gasteiger partial charge in [-0.05, 0) is 48.2 Å². The van der Waals surface area contributed by atoms with Crippen molar-refractivity contribution in [1.82, 2.24) is 4.98 Å². The molecule has 1 aromatic carbocycles. The Kier molecular flexibility index (Phi) is 3.50. The quantitative estimate of drug-likeness (QED) is 0.853. The van der Waals surface area contributed by atoms with E-state index in [1.165, 1.54) is 5.56 Å². The SMILES string of the molecule is COc1ccc(-c2ccccn2)c(C2CCC(=O)C2)c1. The summed E-state index contributed by atoms with van der Waals surface area (Å²) in [6, 6.07) is 11.9. The van der Waals surface area contributed by atoms with Gasteiger partial charge in [-0.25, -0.2) is 0 Å². The summed E-state index contributed by atoms with van der Waals surface area (Å²) in [5.41, 5.74) is 3.23. The Hall–Kier alpha value is -2.16. The average Bonchev–Trinajstić information content (AvgIpc) is 2.94. The lowest BCUT2D eigenvalue weighted by molar-refractivity contribution is -0.117. The van der Waals surface area contributed by atoms with Crippen LogP contribution in [0.1, 0.15) is 30.7 Å². The van der Waals surface area contributed by atoms with Gasteiger partial charge in [0.15, 0.2) is 0 Å². The van der Waals surface area contributed by atoms with Crippen molar-refractivity contribution in [2.75, 3.05) is 7.11 Å². The van der Waals surface area contributed by atoms with Crippen LogP contribution in [0.25, 0.3) is 11.3 Å². The number of rotatable bonds is 3. The Balaban J connectivity index is 2.07. The molecule has 1 atom stereocenters. The minimum atomic E-state index is 0.287. The van der Waals surface area contributed by atoms with Gasteiger partial charge in [-0.3, -0.25) is 9.78 Å². The van der Waals surface area contributed by atoms with E-state index in [1.54, 1.807) is 13.3 Å². The van der Waals surface area contributed by atoms with Crippen molar-refractivity contribution in [3.05, 3.63) is 48.2 Å². The van der Waals surface area contributed by atoms with Crippen LogP contribution < -0.4 is 4.74 Å². The zero-order chi connectivity index (χ0) is 13.9. The fourth-order valence-electron chi connectivity index (χ4n) is 2.84. The molecular weight excluding hydrogens is 250 g/mol. The molecular formula is C17H17NO2. The lowest BCUT2D eigenvalue weighted by Gasteiger charge is -2.16. The van der Waals surface area contributed by atoms with Gasteiger partial charge >= 0.3 is 0 Å². The summed E-state index contributed by atoms with van der Waals surface area (Å²) in [6.45, 7) is 0. The minimum absolute atomic E-state index is 0.287. The molecule has 1 heterocycles. The largest absolute Gasteiger partial charge is 0.497 e. The molecule has 1 unspecified atom stereocenters. The van der Waals surface area contributed by atoms with Gasteiger partial charge in [0.1, 0.15) is 11.5 Å². The van der Waals surface area contributed by atoms with E-state index < -0.39 is 0 Å². The lowest BCUT2D eigenvalue weighted by atomic mass is 9.91. The summed E-state index contributed by atoms with van der Waals surface area (Å²) in [5, 5.41) is 0. The van der Waals surface area contributed by atoms with Crippen LogP contribution >= 0.6 is 0 Å². The maximum Gasteiger partial charge on any atom is 0.133 e. The Morgan fingerprint density at radius 1 is 1.25 bits per heavy atom. The molecule has 20 heavy (non-hydrogen) atoms. The van der Waals surface area contributed by atoms with Gasteiger partial charge < -0.3 is 4.74 Å². The molecule has 0 aliphatic heterocycles. The number of ketones is 1. The second kappa shape index (κ2) is 5.45. The fourth-order valence-corrected chi connectivity index (χ4v) is 2.84. The molecule has 2 aromatic rings. The van der Waals surface area contributed by atoms with Crippen molar-refractivity contribution >= 4 is 5.78 Å². The number of carbonyl (C=O) groups excluding carboxylic acids is 1. The molecule has 0 saturated heterocycles. The normalized spacial score (nSPS) is 18.2. The number of hydrogen-bond acceptors (Lipinski definition) is 3. The van der Waals surface area contributed by atoms with E-state index >= 15 is 0 Å². The number of hydrogen-bond donors (Lipinski definition) is 0. The van der Waals surface area contributed by atoms with E-state index in [-0.39, 0.29) is 5.92 Å². The van der Waals surface area contributed by atoms with Gasteiger partial charge in [0, 0.05) is 24.6 Å². The standard InChI is InChI=1S/C17H17NO2/c1-20-14-7-8-15(17-4-2-3-9-18-17)16(11-14)12-5-6-13(19)10-12/h2-4,7-9,11-12H,5-6,10H2,1H3. The van der Waals surface area contributed by atoms with Crippen LogP contribution in [0.5, 0.6) is 5.75 Å². The highest BCUT2D eigenvalue weighted by atomic mass is 16.5. The van der Waals surface area contributed by atoms with E-state index in [0.29, 0.717) is 18.6 Å². The third-order valence-electron chi connectivity index (χ3n) is 3.89. The number of ether oxygens (including phenoxy) is 1. The average molecular weight is 267 g/mol. The third kappa shape index (κ3) is 2.44. The van der Waals surface area contributed by atoms with Crippen LogP contribution in [0, 0.1) is 0 Å². The van der Waals surface area contributed by atoms with E-state index in [2.05, 4.69) is 4.98 Å². The summed E-state index contributed by atoms with van der Waals surface area (Å²) in [5.74, 6) is 1.47.